The lowest BCUT2D eigenvalue weighted by Crippen LogP contribution is -2.45. The maximum absolute atomic E-state index is 13.4. The van der Waals surface area contributed by atoms with Crippen LogP contribution >= 0.6 is 0 Å². The number of likely N-dealkylation sites (tertiary alicyclic amines) is 1. The minimum absolute atomic E-state index is 0.0161. The van der Waals surface area contributed by atoms with Gasteiger partial charge in [-0.2, -0.15) is 5.26 Å². The zero-order valence-corrected chi connectivity index (χ0v) is 24.8. The first kappa shape index (κ1) is 30.7. The lowest BCUT2D eigenvalue weighted by molar-refractivity contribution is -0.118. The molecule has 1 saturated heterocycles. The molecule has 40 heavy (non-hydrogen) atoms. The predicted octanol–water partition coefficient (Wildman–Crippen LogP) is 6.35. The number of carbonyl (C=O) groups excluding carboxylic acids is 2. The Morgan fingerprint density at radius 1 is 1.12 bits per heavy atom. The SMILES string of the molecule is C=C(CC(C)(CN1Cc2ccc(CC)cc2C1=O)C(=C)NC(C)=O)N1CCC(C#N)(c2ccccc2)CC1.CC. The number of nitriles is 1. The fourth-order valence-corrected chi connectivity index (χ4v) is 5.79. The molecule has 0 radical (unpaired) electrons. The van der Waals surface area contributed by atoms with Gasteiger partial charge in [-0.05, 0) is 48.4 Å². The lowest BCUT2D eigenvalue weighted by atomic mass is 9.73. The van der Waals surface area contributed by atoms with Crippen LogP contribution in [0, 0.1) is 16.7 Å². The van der Waals surface area contributed by atoms with Crippen molar-refractivity contribution in [3.8, 4) is 6.07 Å². The molecule has 0 saturated carbocycles. The molecule has 2 amide bonds. The summed E-state index contributed by atoms with van der Waals surface area (Å²) in [6.45, 7) is 20.6. The number of hydrogen-bond donors (Lipinski definition) is 1. The Kier molecular flexibility index (Phi) is 9.98. The highest BCUT2D eigenvalue weighted by atomic mass is 16.2. The number of amides is 2. The number of hydrogen-bond acceptors (Lipinski definition) is 4. The van der Waals surface area contributed by atoms with E-state index < -0.39 is 10.8 Å². The second kappa shape index (κ2) is 13.0. The van der Waals surface area contributed by atoms with Crippen molar-refractivity contribution >= 4 is 11.8 Å². The molecule has 2 aliphatic rings. The Bertz CT molecular complexity index is 1280. The van der Waals surface area contributed by atoms with Crippen LogP contribution in [0.1, 0.15) is 80.9 Å². The van der Waals surface area contributed by atoms with Gasteiger partial charge in [0.15, 0.2) is 0 Å². The number of nitrogens with one attached hydrogen (secondary N) is 1. The van der Waals surface area contributed by atoms with E-state index in [4.69, 9.17) is 0 Å². The molecule has 6 nitrogen and oxygen atoms in total. The summed E-state index contributed by atoms with van der Waals surface area (Å²) in [6, 6.07) is 18.7. The van der Waals surface area contributed by atoms with E-state index >= 15 is 0 Å². The Labute approximate surface area is 240 Å². The quantitative estimate of drug-likeness (QED) is 0.402. The van der Waals surface area contributed by atoms with Gasteiger partial charge in [0.25, 0.3) is 5.91 Å². The number of allylic oxidation sites excluding steroid dienone is 1. The van der Waals surface area contributed by atoms with Crippen molar-refractivity contribution in [2.45, 2.75) is 72.3 Å². The molecule has 0 aliphatic carbocycles. The van der Waals surface area contributed by atoms with Crippen LogP contribution in [0.2, 0.25) is 0 Å². The third-order valence-electron chi connectivity index (χ3n) is 8.26. The van der Waals surface area contributed by atoms with E-state index in [9.17, 15) is 14.9 Å². The van der Waals surface area contributed by atoms with Crippen LogP contribution in [-0.2, 0) is 23.2 Å². The Hall–Kier alpha value is -3.85. The molecule has 1 atom stereocenters. The number of nitrogens with zero attached hydrogens (tertiary/aromatic N) is 3. The summed E-state index contributed by atoms with van der Waals surface area (Å²) in [5.41, 5.74) is 4.40. The van der Waals surface area contributed by atoms with Crippen molar-refractivity contribution in [1.82, 2.24) is 15.1 Å². The predicted molar refractivity (Wildman–Crippen MR) is 161 cm³/mol. The van der Waals surface area contributed by atoms with Crippen LogP contribution in [0.4, 0.5) is 0 Å². The normalized spacial score (nSPS) is 17.1. The largest absolute Gasteiger partial charge is 0.375 e. The fraction of sp³-hybridized carbons (Fsp3) is 0.441. The highest BCUT2D eigenvalue weighted by molar-refractivity contribution is 5.98. The molecule has 0 spiro atoms. The maximum atomic E-state index is 13.4. The highest BCUT2D eigenvalue weighted by Gasteiger charge is 2.40. The zero-order valence-electron chi connectivity index (χ0n) is 24.8. The summed E-state index contributed by atoms with van der Waals surface area (Å²) < 4.78 is 0. The zero-order chi connectivity index (χ0) is 29.5. The first-order chi connectivity index (χ1) is 19.1. The van der Waals surface area contributed by atoms with Gasteiger partial charge in [0.1, 0.15) is 0 Å². The Morgan fingerprint density at radius 3 is 2.35 bits per heavy atom. The van der Waals surface area contributed by atoms with Gasteiger partial charge in [-0.3, -0.25) is 9.59 Å². The monoisotopic (exact) mass is 540 g/mol. The standard InChI is InChI=1S/C32H38N4O2.C2H6/c1-6-26-12-13-27-20-36(30(38)29(27)18-26)22-31(5,24(3)34-25(4)37)19-23(2)35-16-14-32(21-33,15-17-35)28-10-8-7-9-11-28;1-2/h7-13,18H,2-3,6,14-17,19-20,22H2,1,4-5H3,(H,34,37);1-2H3. The van der Waals surface area contributed by atoms with Crippen molar-refractivity contribution in [3.63, 3.8) is 0 Å². The molecule has 0 aromatic heterocycles. The van der Waals surface area contributed by atoms with Crippen molar-refractivity contribution in [3.05, 3.63) is 95.3 Å². The number of carbonyl (C=O) groups is 2. The van der Waals surface area contributed by atoms with Crippen LogP contribution < -0.4 is 5.32 Å². The number of fused-ring (bicyclic) bond motifs is 1. The molecule has 2 aromatic rings. The third-order valence-corrected chi connectivity index (χ3v) is 8.26. The summed E-state index contributed by atoms with van der Waals surface area (Å²) in [5, 5.41) is 13.0. The van der Waals surface area contributed by atoms with Crippen LogP contribution in [0.25, 0.3) is 0 Å². The summed E-state index contributed by atoms with van der Waals surface area (Å²) in [6.07, 6.45) is 2.85. The molecule has 2 heterocycles. The van der Waals surface area contributed by atoms with Gasteiger partial charge in [-0.15, -0.1) is 0 Å². The molecule has 6 heteroatoms. The van der Waals surface area contributed by atoms with E-state index in [0.717, 1.165) is 60.3 Å². The van der Waals surface area contributed by atoms with Gasteiger partial charge >= 0.3 is 0 Å². The molecule has 4 rings (SSSR count). The van der Waals surface area contributed by atoms with Crippen molar-refractivity contribution in [2.24, 2.45) is 5.41 Å². The van der Waals surface area contributed by atoms with Gasteiger partial charge in [0, 0.05) is 55.5 Å². The molecule has 2 aliphatic heterocycles. The van der Waals surface area contributed by atoms with E-state index in [-0.39, 0.29) is 11.8 Å². The van der Waals surface area contributed by atoms with Crippen LogP contribution in [0.3, 0.4) is 0 Å². The van der Waals surface area contributed by atoms with Gasteiger partial charge in [0.05, 0.1) is 11.5 Å². The van der Waals surface area contributed by atoms with Crippen molar-refractivity contribution in [2.75, 3.05) is 19.6 Å². The molecular weight excluding hydrogens is 496 g/mol. The lowest BCUT2D eigenvalue weighted by Gasteiger charge is -2.42. The molecule has 2 aromatic carbocycles. The maximum Gasteiger partial charge on any atom is 0.254 e. The molecular formula is C34H44N4O2. The number of benzene rings is 2. The molecule has 1 unspecified atom stereocenters. The summed E-state index contributed by atoms with van der Waals surface area (Å²) in [4.78, 5) is 29.4. The molecule has 1 N–H and O–H groups in total. The summed E-state index contributed by atoms with van der Waals surface area (Å²) >= 11 is 0. The second-order valence-electron chi connectivity index (χ2n) is 11.0. The number of aryl methyl sites for hydroxylation is 1. The summed E-state index contributed by atoms with van der Waals surface area (Å²) in [7, 11) is 0. The van der Waals surface area contributed by atoms with E-state index in [1.807, 2.05) is 68.1 Å². The average molecular weight is 541 g/mol. The number of piperidine rings is 1. The topological polar surface area (TPSA) is 76.4 Å². The Morgan fingerprint density at radius 2 is 1.77 bits per heavy atom. The summed E-state index contributed by atoms with van der Waals surface area (Å²) in [5.74, 6) is -0.169. The smallest absolute Gasteiger partial charge is 0.254 e. The van der Waals surface area contributed by atoms with E-state index in [0.29, 0.717) is 25.2 Å². The molecule has 1 fully saturated rings. The third kappa shape index (κ3) is 6.47. The van der Waals surface area contributed by atoms with E-state index in [1.165, 1.54) is 6.92 Å². The first-order valence-corrected chi connectivity index (χ1v) is 14.4. The van der Waals surface area contributed by atoms with Gasteiger partial charge in [-0.1, -0.05) is 83.3 Å². The average Bonchev–Trinajstić information content (AvgIpc) is 3.27. The van der Waals surface area contributed by atoms with E-state index in [1.54, 1.807) is 0 Å². The van der Waals surface area contributed by atoms with E-state index in [2.05, 4.69) is 42.4 Å². The highest BCUT2D eigenvalue weighted by Crippen LogP contribution is 2.40. The second-order valence-corrected chi connectivity index (χ2v) is 11.0. The van der Waals surface area contributed by atoms with Crippen LogP contribution in [0.5, 0.6) is 0 Å². The number of rotatable bonds is 9. The minimum atomic E-state index is -0.614. The van der Waals surface area contributed by atoms with Gasteiger partial charge in [-0.25, -0.2) is 0 Å². The molecule has 212 valence electrons. The van der Waals surface area contributed by atoms with Gasteiger partial charge < -0.3 is 15.1 Å². The Balaban J connectivity index is 0.00000216. The van der Waals surface area contributed by atoms with Gasteiger partial charge in [0.2, 0.25) is 5.91 Å². The van der Waals surface area contributed by atoms with Crippen molar-refractivity contribution in [1.29, 1.82) is 5.26 Å². The minimum Gasteiger partial charge on any atom is -0.375 e. The van der Waals surface area contributed by atoms with Crippen LogP contribution in [0.15, 0.2) is 73.1 Å². The molecule has 0 bridgehead atoms. The first-order valence-electron chi connectivity index (χ1n) is 14.4. The van der Waals surface area contributed by atoms with Crippen LogP contribution in [-0.4, -0.2) is 41.2 Å². The fourth-order valence-electron chi connectivity index (χ4n) is 5.79. The van der Waals surface area contributed by atoms with Crippen molar-refractivity contribution < 1.29 is 9.59 Å².